The molecule has 1 aliphatic rings. The smallest absolute Gasteiger partial charge is 0.274 e. The molecule has 11 nitrogen and oxygen atoms in total. The molecule has 2 heterocycles. The lowest BCUT2D eigenvalue weighted by Crippen LogP contribution is -2.44. The Bertz CT molecular complexity index is 1850. The van der Waals surface area contributed by atoms with E-state index in [1.165, 1.54) is 4.90 Å². The van der Waals surface area contributed by atoms with Gasteiger partial charge in [0.2, 0.25) is 0 Å². The van der Waals surface area contributed by atoms with Crippen molar-refractivity contribution in [2.24, 2.45) is 0 Å². The zero-order valence-corrected chi connectivity index (χ0v) is 28.2. The van der Waals surface area contributed by atoms with Crippen LogP contribution < -0.4 is 10.1 Å². The van der Waals surface area contributed by atoms with Crippen LogP contribution in [0.25, 0.3) is 5.69 Å². The Kier molecular flexibility index (Phi) is 11.4. The number of carbonyl (C=O) groups excluding carboxylic acids is 3. The number of nitrogens with one attached hydrogen (secondary N) is 1. The van der Waals surface area contributed by atoms with Crippen LogP contribution in [0.5, 0.6) is 5.75 Å². The average Bonchev–Trinajstić information content (AvgIpc) is 3.51. The Morgan fingerprint density at radius 2 is 1.69 bits per heavy atom. The number of anilines is 1. The minimum absolute atomic E-state index is 0.165. The molecular weight excluding hydrogens is 620 g/mol. The van der Waals surface area contributed by atoms with Gasteiger partial charge < -0.3 is 25.0 Å². The van der Waals surface area contributed by atoms with Crippen LogP contribution in [-0.2, 0) is 17.8 Å². The number of para-hydroxylation sites is 1. The van der Waals surface area contributed by atoms with Crippen molar-refractivity contribution < 1.29 is 24.2 Å². The van der Waals surface area contributed by atoms with Crippen molar-refractivity contribution in [1.29, 1.82) is 5.26 Å². The first-order chi connectivity index (χ1) is 23.7. The van der Waals surface area contributed by atoms with Gasteiger partial charge in [-0.25, -0.2) is 4.68 Å². The fourth-order valence-corrected chi connectivity index (χ4v) is 5.86. The van der Waals surface area contributed by atoms with Crippen LogP contribution in [0.1, 0.15) is 82.8 Å². The monoisotopic (exact) mass is 662 g/mol. The summed E-state index contributed by atoms with van der Waals surface area (Å²) in [7, 11) is 0. The van der Waals surface area contributed by atoms with Crippen molar-refractivity contribution in [2.45, 2.75) is 65.6 Å². The number of rotatable bonds is 13. The van der Waals surface area contributed by atoms with Crippen LogP contribution in [0.3, 0.4) is 0 Å². The lowest BCUT2D eigenvalue weighted by Gasteiger charge is -2.34. The van der Waals surface area contributed by atoms with Gasteiger partial charge in [0, 0.05) is 37.4 Å². The highest BCUT2D eigenvalue weighted by molar-refractivity contribution is 6.01. The molecule has 0 radical (unpaired) electrons. The van der Waals surface area contributed by atoms with E-state index in [0.29, 0.717) is 35.7 Å². The number of aromatic nitrogens is 2. The number of ether oxygens (including phenoxy) is 1. The Morgan fingerprint density at radius 1 is 1.00 bits per heavy atom. The molecule has 0 fully saturated rings. The SMILES string of the molecule is CCCCN(CCCC)C(=O)c1cc(C)n(-c2ccc(NC(=O)COc3ccccc3C#N)cc2C(=O)N2Cc3ccccc3C[C@H]2O)n1. The van der Waals surface area contributed by atoms with E-state index in [0.717, 1.165) is 36.8 Å². The van der Waals surface area contributed by atoms with Crippen LogP contribution in [0.2, 0.25) is 0 Å². The number of carbonyl (C=O) groups is 3. The van der Waals surface area contributed by atoms with E-state index in [9.17, 15) is 24.8 Å². The van der Waals surface area contributed by atoms with Crippen molar-refractivity contribution in [3.8, 4) is 17.5 Å². The molecule has 3 amide bonds. The number of nitriles is 1. The molecule has 0 saturated carbocycles. The van der Waals surface area contributed by atoms with Crippen LogP contribution in [0.15, 0.2) is 72.8 Å². The molecule has 5 rings (SSSR count). The summed E-state index contributed by atoms with van der Waals surface area (Å²) >= 11 is 0. The Balaban J connectivity index is 1.47. The molecule has 0 aliphatic carbocycles. The van der Waals surface area contributed by atoms with E-state index in [1.54, 1.807) is 53.2 Å². The highest BCUT2D eigenvalue weighted by atomic mass is 16.5. The lowest BCUT2D eigenvalue weighted by molar-refractivity contribution is -0.118. The zero-order chi connectivity index (χ0) is 34.9. The van der Waals surface area contributed by atoms with Gasteiger partial charge >= 0.3 is 0 Å². The van der Waals surface area contributed by atoms with E-state index in [4.69, 9.17) is 4.74 Å². The van der Waals surface area contributed by atoms with Gasteiger partial charge in [-0.1, -0.05) is 63.1 Å². The quantitative estimate of drug-likeness (QED) is 0.189. The summed E-state index contributed by atoms with van der Waals surface area (Å²) in [5.74, 6) is -0.828. The highest BCUT2D eigenvalue weighted by Crippen LogP contribution is 2.28. The number of hydrogen-bond donors (Lipinski definition) is 2. The minimum Gasteiger partial charge on any atom is -0.482 e. The van der Waals surface area contributed by atoms with Crippen molar-refractivity contribution in [2.75, 3.05) is 25.0 Å². The second-order valence-corrected chi connectivity index (χ2v) is 12.1. The molecular formula is C38H42N6O5. The molecule has 2 N–H and O–H groups in total. The van der Waals surface area contributed by atoms with Crippen LogP contribution >= 0.6 is 0 Å². The van der Waals surface area contributed by atoms with Gasteiger partial charge in [-0.3, -0.25) is 14.4 Å². The number of hydrogen-bond acceptors (Lipinski definition) is 7. The summed E-state index contributed by atoms with van der Waals surface area (Å²) in [4.78, 5) is 44.1. The first-order valence-electron chi connectivity index (χ1n) is 16.7. The molecule has 1 aliphatic heterocycles. The van der Waals surface area contributed by atoms with Gasteiger partial charge in [0.15, 0.2) is 12.3 Å². The Morgan fingerprint density at radius 3 is 2.41 bits per heavy atom. The number of aliphatic hydroxyl groups is 1. The third-order valence-electron chi connectivity index (χ3n) is 8.54. The van der Waals surface area contributed by atoms with E-state index >= 15 is 0 Å². The van der Waals surface area contributed by atoms with Gasteiger partial charge in [0.25, 0.3) is 17.7 Å². The van der Waals surface area contributed by atoms with E-state index in [2.05, 4.69) is 24.3 Å². The number of aryl methyl sites for hydroxylation is 1. The molecule has 4 aromatic rings. The van der Waals surface area contributed by atoms with Gasteiger partial charge in [-0.2, -0.15) is 10.4 Å². The topological polar surface area (TPSA) is 141 Å². The van der Waals surface area contributed by atoms with Gasteiger partial charge in [0.05, 0.1) is 16.8 Å². The molecule has 0 bridgehead atoms. The number of aliphatic hydroxyl groups excluding tert-OH is 1. The molecule has 0 saturated heterocycles. The fraction of sp³-hybridized carbons (Fsp3) is 0.342. The van der Waals surface area contributed by atoms with Gasteiger partial charge in [0.1, 0.15) is 18.0 Å². The summed E-state index contributed by atoms with van der Waals surface area (Å²) in [5, 5.41) is 27.9. The number of unbranched alkanes of at least 4 members (excludes halogenated alkanes) is 2. The van der Waals surface area contributed by atoms with Crippen molar-refractivity contribution in [3.05, 3.63) is 106 Å². The summed E-state index contributed by atoms with van der Waals surface area (Å²) < 4.78 is 7.16. The van der Waals surface area contributed by atoms with Crippen LogP contribution in [-0.4, -0.2) is 68.3 Å². The van der Waals surface area contributed by atoms with E-state index in [-0.39, 0.29) is 42.5 Å². The largest absolute Gasteiger partial charge is 0.482 e. The second kappa shape index (κ2) is 16.1. The molecule has 3 aromatic carbocycles. The maximum atomic E-state index is 14.3. The summed E-state index contributed by atoms with van der Waals surface area (Å²) in [5.41, 5.74) is 4.05. The van der Waals surface area contributed by atoms with E-state index in [1.807, 2.05) is 42.2 Å². The molecule has 49 heavy (non-hydrogen) atoms. The Labute approximate surface area is 286 Å². The third kappa shape index (κ3) is 8.16. The van der Waals surface area contributed by atoms with Gasteiger partial charge in [-0.05, 0) is 67.3 Å². The first-order valence-corrected chi connectivity index (χ1v) is 16.7. The number of fused-ring (bicyclic) bond motifs is 1. The zero-order valence-electron chi connectivity index (χ0n) is 28.2. The van der Waals surface area contributed by atoms with Gasteiger partial charge in [-0.15, -0.1) is 0 Å². The predicted octanol–water partition coefficient (Wildman–Crippen LogP) is 5.63. The predicted molar refractivity (Wildman–Crippen MR) is 185 cm³/mol. The molecule has 11 heteroatoms. The fourth-order valence-electron chi connectivity index (χ4n) is 5.86. The molecule has 1 atom stereocenters. The highest BCUT2D eigenvalue weighted by Gasteiger charge is 2.31. The first kappa shape index (κ1) is 34.9. The number of benzene rings is 3. The maximum absolute atomic E-state index is 14.3. The molecule has 1 aromatic heterocycles. The normalized spacial score (nSPS) is 13.7. The van der Waals surface area contributed by atoms with Crippen molar-refractivity contribution in [3.63, 3.8) is 0 Å². The summed E-state index contributed by atoms with van der Waals surface area (Å²) in [6.45, 7) is 7.11. The Hall–Kier alpha value is -5.47. The lowest BCUT2D eigenvalue weighted by atomic mass is 9.97. The standard InChI is InChI=1S/C38H42N6O5/c1-4-6-18-42(19-7-5-2)38(48)32-20-26(3)44(41-32)33-17-16-30(40-35(45)25-49-34-15-11-10-13-28(34)23-39)22-31(33)37(47)43-24-29-14-9-8-12-27(29)21-36(43)46/h8-17,20,22,36,46H,4-7,18-19,21,24-25H2,1-3H3,(H,40,45)/t36-/m1/s1. The van der Waals surface area contributed by atoms with Crippen LogP contribution in [0, 0.1) is 18.3 Å². The third-order valence-corrected chi connectivity index (χ3v) is 8.54. The van der Waals surface area contributed by atoms with Crippen molar-refractivity contribution in [1.82, 2.24) is 19.6 Å². The van der Waals surface area contributed by atoms with E-state index < -0.39 is 18.0 Å². The maximum Gasteiger partial charge on any atom is 0.274 e. The average molecular weight is 663 g/mol. The minimum atomic E-state index is -1.07. The molecule has 0 spiro atoms. The number of amides is 3. The second-order valence-electron chi connectivity index (χ2n) is 12.1. The van der Waals surface area contributed by atoms with Crippen LogP contribution in [0.4, 0.5) is 5.69 Å². The number of nitrogens with zero attached hydrogens (tertiary/aromatic N) is 5. The molecule has 0 unspecified atom stereocenters. The molecule has 254 valence electrons. The summed E-state index contributed by atoms with van der Waals surface area (Å²) in [6.07, 6.45) is 2.91. The summed E-state index contributed by atoms with van der Waals surface area (Å²) in [6, 6.07) is 22.9. The van der Waals surface area contributed by atoms with Crippen molar-refractivity contribution >= 4 is 23.4 Å².